The molecule has 2 N–H and O–H groups in total. The molecule has 0 aromatic heterocycles. The third kappa shape index (κ3) is 3.71. The molecule has 4 nitrogen and oxygen atoms in total. The third-order valence-electron chi connectivity index (χ3n) is 3.42. The van der Waals surface area contributed by atoms with E-state index in [9.17, 15) is 8.42 Å². The first-order valence-electron chi connectivity index (χ1n) is 6.40. The Kier molecular flexibility index (Phi) is 4.86. The molecule has 1 aliphatic carbocycles. The first-order chi connectivity index (χ1) is 9.77. The van der Waals surface area contributed by atoms with Crippen molar-refractivity contribution in [3.05, 3.63) is 27.7 Å². The Labute approximate surface area is 134 Å². The van der Waals surface area contributed by atoms with E-state index >= 15 is 0 Å². The monoisotopic (exact) mass is 347 g/mol. The van der Waals surface area contributed by atoms with Crippen molar-refractivity contribution in [1.82, 2.24) is 4.72 Å². The van der Waals surface area contributed by atoms with Crippen LogP contribution in [-0.4, -0.2) is 25.7 Å². The molecule has 1 aromatic carbocycles. The van der Waals surface area contributed by atoms with Crippen LogP contribution in [0.4, 0.5) is 0 Å². The molecule has 0 aliphatic heterocycles. The number of hydrogen-bond acceptors (Lipinski definition) is 3. The molecule has 1 aromatic rings. The SMILES string of the molecule is CC1(NS(=O)(=O)c2c(Cl)cc(C#CCO)cc2Cl)CCC1. The van der Waals surface area contributed by atoms with Crippen molar-refractivity contribution in [1.29, 1.82) is 0 Å². The Hall–Kier alpha value is -0.770. The molecule has 0 heterocycles. The normalized spacial score (nSPS) is 16.8. The van der Waals surface area contributed by atoms with Crippen molar-refractivity contribution >= 4 is 33.2 Å². The van der Waals surface area contributed by atoms with Crippen LogP contribution in [0.15, 0.2) is 17.0 Å². The van der Waals surface area contributed by atoms with Gasteiger partial charge in [-0.25, -0.2) is 13.1 Å². The third-order valence-corrected chi connectivity index (χ3v) is 5.98. The van der Waals surface area contributed by atoms with Crippen molar-refractivity contribution in [2.24, 2.45) is 0 Å². The minimum atomic E-state index is -3.79. The Bertz CT molecular complexity index is 692. The Balaban J connectivity index is 2.39. The van der Waals surface area contributed by atoms with Crippen molar-refractivity contribution < 1.29 is 13.5 Å². The van der Waals surface area contributed by atoms with Gasteiger partial charge < -0.3 is 5.11 Å². The van der Waals surface area contributed by atoms with Crippen molar-refractivity contribution in [2.75, 3.05) is 6.61 Å². The van der Waals surface area contributed by atoms with Crippen LogP contribution >= 0.6 is 23.2 Å². The van der Waals surface area contributed by atoms with Gasteiger partial charge in [-0.3, -0.25) is 0 Å². The van der Waals surface area contributed by atoms with Gasteiger partial charge in [0.2, 0.25) is 10.0 Å². The average Bonchev–Trinajstić information content (AvgIpc) is 2.32. The van der Waals surface area contributed by atoms with Crippen molar-refractivity contribution in [2.45, 2.75) is 36.6 Å². The average molecular weight is 348 g/mol. The second-order valence-corrected chi connectivity index (χ2v) is 7.68. The van der Waals surface area contributed by atoms with E-state index in [1.807, 2.05) is 6.92 Å². The lowest BCUT2D eigenvalue weighted by molar-refractivity contribution is 0.248. The molecule has 114 valence electrons. The highest BCUT2D eigenvalue weighted by Crippen LogP contribution is 2.36. The Morgan fingerprint density at radius 3 is 2.33 bits per heavy atom. The van der Waals surface area contributed by atoms with Gasteiger partial charge in [-0.2, -0.15) is 0 Å². The van der Waals surface area contributed by atoms with E-state index in [4.69, 9.17) is 28.3 Å². The summed E-state index contributed by atoms with van der Waals surface area (Å²) >= 11 is 12.1. The lowest BCUT2D eigenvalue weighted by atomic mass is 9.80. The van der Waals surface area contributed by atoms with E-state index in [0.717, 1.165) is 19.3 Å². The fourth-order valence-electron chi connectivity index (χ4n) is 2.21. The van der Waals surface area contributed by atoms with Gasteiger partial charge in [-0.1, -0.05) is 35.0 Å². The summed E-state index contributed by atoms with van der Waals surface area (Å²) in [5.74, 6) is 5.10. The zero-order valence-electron chi connectivity index (χ0n) is 11.4. The van der Waals surface area contributed by atoms with Gasteiger partial charge in [0, 0.05) is 11.1 Å². The maximum Gasteiger partial charge on any atom is 0.244 e. The zero-order chi connectivity index (χ0) is 15.7. The van der Waals surface area contributed by atoms with Gasteiger partial charge in [0.15, 0.2) is 0 Å². The summed E-state index contributed by atoms with van der Waals surface area (Å²) in [6.07, 6.45) is 2.58. The molecular formula is C14H15Cl2NO3S. The minimum absolute atomic E-state index is 0.0140. The van der Waals surface area contributed by atoms with Gasteiger partial charge in [0.05, 0.1) is 10.0 Å². The number of nitrogens with one attached hydrogen (secondary N) is 1. The molecule has 0 saturated heterocycles. The second kappa shape index (κ2) is 6.15. The second-order valence-electron chi connectivity index (χ2n) is 5.25. The molecule has 1 aliphatic rings. The van der Waals surface area contributed by atoms with Crippen molar-refractivity contribution in [3.63, 3.8) is 0 Å². The van der Waals surface area contributed by atoms with E-state index < -0.39 is 15.6 Å². The maximum absolute atomic E-state index is 12.5. The van der Waals surface area contributed by atoms with Gasteiger partial charge in [0.25, 0.3) is 0 Å². The van der Waals surface area contributed by atoms with Crippen LogP contribution < -0.4 is 4.72 Å². The quantitative estimate of drug-likeness (QED) is 0.825. The topological polar surface area (TPSA) is 66.4 Å². The zero-order valence-corrected chi connectivity index (χ0v) is 13.7. The van der Waals surface area contributed by atoms with E-state index in [0.29, 0.717) is 5.56 Å². The van der Waals surface area contributed by atoms with Gasteiger partial charge in [-0.15, -0.1) is 0 Å². The molecule has 7 heteroatoms. The molecule has 1 fully saturated rings. The predicted octanol–water partition coefficient (Wildman–Crippen LogP) is 2.56. The van der Waals surface area contributed by atoms with Gasteiger partial charge in [0.1, 0.15) is 11.5 Å². The number of rotatable bonds is 3. The lowest BCUT2D eigenvalue weighted by Gasteiger charge is -2.38. The van der Waals surface area contributed by atoms with Crippen LogP contribution in [0.3, 0.4) is 0 Å². The van der Waals surface area contributed by atoms with E-state index in [1.165, 1.54) is 12.1 Å². The largest absolute Gasteiger partial charge is 0.384 e. The number of aliphatic hydroxyl groups is 1. The number of aliphatic hydroxyl groups excluding tert-OH is 1. The minimum Gasteiger partial charge on any atom is -0.384 e. The first kappa shape index (κ1) is 16.6. The van der Waals surface area contributed by atoms with Crippen LogP contribution in [0.2, 0.25) is 10.0 Å². The van der Waals surface area contributed by atoms with E-state index in [1.54, 1.807) is 0 Å². The predicted molar refractivity (Wildman–Crippen MR) is 83.0 cm³/mol. The molecule has 0 atom stereocenters. The van der Waals surface area contributed by atoms with Crippen LogP contribution in [0.1, 0.15) is 31.7 Å². The summed E-state index contributed by atoms with van der Waals surface area (Å²) in [5.41, 5.74) is 0.0220. The first-order valence-corrected chi connectivity index (χ1v) is 8.64. The molecule has 0 radical (unpaired) electrons. The maximum atomic E-state index is 12.5. The van der Waals surface area contributed by atoms with Crippen LogP contribution in [-0.2, 0) is 10.0 Å². The smallest absolute Gasteiger partial charge is 0.244 e. The molecule has 21 heavy (non-hydrogen) atoms. The standard InChI is InChI=1S/C14H15Cl2NO3S/c1-14(5-3-6-14)17-21(19,20)13-11(15)8-10(4-2-7-18)9-12(13)16/h8-9,17-18H,3,5-7H2,1H3. The highest BCUT2D eigenvalue weighted by Gasteiger charge is 2.37. The summed E-state index contributed by atoms with van der Waals surface area (Å²) in [5, 5.41) is 8.69. The summed E-state index contributed by atoms with van der Waals surface area (Å²) in [4.78, 5) is -0.131. The van der Waals surface area contributed by atoms with Crippen LogP contribution in [0.25, 0.3) is 0 Å². The van der Waals surface area contributed by atoms with Gasteiger partial charge >= 0.3 is 0 Å². The molecule has 0 bridgehead atoms. The number of hydrogen-bond donors (Lipinski definition) is 2. The molecule has 1 saturated carbocycles. The summed E-state index contributed by atoms with van der Waals surface area (Å²) in [6.45, 7) is 1.56. The summed E-state index contributed by atoms with van der Waals surface area (Å²) in [7, 11) is -3.79. The Morgan fingerprint density at radius 1 is 1.33 bits per heavy atom. The summed E-state index contributed by atoms with van der Waals surface area (Å²) in [6, 6.07) is 2.85. The fraction of sp³-hybridized carbons (Fsp3) is 0.429. The molecule has 0 spiro atoms. The lowest BCUT2D eigenvalue weighted by Crippen LogP contribution is -2.50. The molecular weight excluding hydrogens is 333 g/mol. The molecule has 2 rings (SSSR count). The highest BCUT2D eigenvalue weighted by molar-refractivity contribution is 7.89. The summed E-state index contributed by atoms with van der Waals surface area (Å²) < 4.78 is 27.6. The number of benzene rings is 1. The van der Waals surface area contributed by atoms with E-state index in [2.05, 4.69) is 16.6 Å². The highest BCUT2D eigenvalue weighted by atomic mass is 35.5. The number of halogens is 2. The molecule has 0 amide bonds. The Morgan fingerprint density at radius 2 is 1.90 bits per heavy atom. The molecule has 0 unspecified atom stereocenters. The van der Waals surface area contributed by atoms with Gasteiger partial charge in [-0.05, 0) is 38.3 Å². The van der Waals surface area contributed by atoms with Crippen molar-refractivity contribution in [3.8, 4) is 11.8 Å². The van der Waals surface area contributed by atoms with E-state index in [-0.39, 0.29) is 21.5 Å². The van der Waals surface area contributed by atoms with Crippen LogP contribution in [0, 0.1) is 11.8 Å². The van der Waals surface area contributed by atoms with Crippen LogP contribution in [0.5, 0.6) is 0 Å². The fourth-order valence-corrected chi connectivity index (χ4v) is 4.90. The number of sulfonamides is 1.